The predicted molar refractivity (Wildman–Crippen MR) is 59.6 cm³/mol. The first-order valence-corrected chi connectivity index (χ1v) is 5.33. The van der Waals surface area contributed by atoms with Gasteiger partial charge >= 0.3 is 6.61 Å². The van der Waals surface area contributed by atoms with Crippen LogP contribution in [0.25, 0.3) is 0 Å². The monoisotopic (exact) mass is 229 g/mol. The third-order valence-electron chi connectivity index (χ3n) is 2.06. The van der Waals surface area contributed by atoms with E-state index in [-0.39, 0.29) is 5.75 Å². The summed E-state index contributed by atoms with van der Waals surface area (Å²) in [5.74, 6) is 0.775. The van der Waals surface area contributed by atoms with E-state index in [1.807, 2.05) is 6.07 Å². The molecule has 4 heteroatoms. The van der Waals surface area contributed by atoms with Gasteiger partial charge in [-0.1, -0.05) is 32.0 Å². The number of rotatable bonds is 6. The molecular weight excluding hydrogens is 212 g/mol. The summed E-state index contributed by atoms with van der Waals surface area (Å²) >= 11 is 0. The van der Waals surface area contributed by atoms with E-state index < -0.39 is 6.61 Å². The summed E-state index contributed by atoms with van der Waals surface area (Å²) in [6.45, 7) is 2.80. The number of hydrogen-bond acceptors (Lipinski definition) is 2. The topological polar surface area (TPSA) is 21.3 Å². The van der Waals surface area contributed by atoms with Crippen LogP contribution in [0.1, 0.15) is 19.4 Å². The van der Waals surface area contributed by atoms with E-state index in [0.717, 1.165) is 12.1 Å². The first-order chi connectivity index (χ1) is 7.59. The Morgan fingerprint density at radius 1 is 1.25 bits per heavy atom. The summed E-state index contributed by atoms with van der Waals surface area (Å²) < 4.78 is 28.6. The highest BCUT2D eigenvalue weighted by Crippen LogP contribution is 2.19. The maximum absolute atomic E-state index is 12.1. The van der Waals surface area contributed by atoms with Crippen molar-refractivity contribution in [3.05, 3.63) is 29.8 Å². The number of halogens is 2. The van der Waals surface area contributed by atoms with Crippen LogP contribution in [0, 0.1) is 5.92 Å². The SMILES string of the molecule is CC(C)CNCc1ccccc1OC(F)F. The molecule has 1 rings (SSSR count). The number of ether oxygens (including phenoxy) is 1. The summed E-state index contributed by atoms with van der Waals surface area (Å²) in [7, 11) is 0. The van der Waals surface area contributed by atoms with Gasteiger partial charge in [0.05, 0.1) is 0 Å². The number of nitrogens with one attached hydrogen (secondary N) is 1. The van der Waals surface area contributed by atoms with Gasteiger partial charge < -0.3 is 10.1 Å². The zero-order valence-electron chi connectivity index (χ0n) is 9.54. The Morgan fingerprint density at radius 2 is 1.94 bits per heavy atom. The van der Waals surface area contributed by atoms with Gasteiger partial charge in [0.25, 0.3) is 0 Å². The second-order valence-electron chi connectivity index (χ2n) is 4.01. The van der Waals surface area contributed by atoms with Gasteiger partial charge in [-0.05, 0) is 18.5 Å². The van der Waals surface area contributed by atoms with E-state index >= 15 is 0 Å². The minimum atomic E-state index is -2.77. The first-order valence-electron chi connectivity index (χ1n) is 5.33. The zero-order valence-corrected chi connectivity index (χ0v) is 9.54. The number of para-hydroxylation sites is 1. The van der Waals surface area contributed by atoms with Crippen LogP contribution in [0.15, 0.2) is 24.3 Å². The highest BCUT2D eigenvalue weighted by Gasteiger charge is 2.08. The molecular formula is C12H17F2NO. The van der Waals surface area contributed by atoms with E-state index in [9.17, 15) is 8.78 Å². The Bertz CT molecular complexity index is 316. The summed E-state index contributed by atoms with van der Waals surface area (Å²) in [5, 5.41) is 3.19. The lowest BCUT2D eigenvalue weighted by molar-refractivity contribution is -0.0505. The summed E-state index contributed by atoms with van der Waals surface area (Å²) in [6.07, 6.45) is 0. The van der Waals surface area contributed by atoms with E-state index in [4.69, 9.17) is 0 Å². The van der Waals surface area contributed by atoms with Crippen molar-refractivity contribution < 1.29 is 13.5 Å². The molecule has 16 heavy (non-hydrogen) atoms. The molecule has 1 aromatic carbocycles. The fourth-order valence-electron chi connectivity index (χ4n) is 1.36. The number of benzene rings is 1. The van der Waals surface area contributed by atoms with Gasteiger partial charge in [0.15, 0.2) is 0 Å². The Balaban J connectivity index is 2.56. The molecule has 0 spiro atoms. The molecule has 2 nitrogen and oxygen atoms in total. The first kappa shape index (κ1) is 12.9. The lowest BCUT2D eigenvalue weighted by Gasteiger charge is -2.12. The number of alkyl halides is 2. The molecule has 0 saturated carbocycles. The molecule has 0 saturated heterocycles. The molecule has 0 aromatic heterocycles. The number of hydrogen-bond donors (Lipinski definition) is 1. The average molecular weight is 229 g/mol. The van der Waals surface area contributed by atoms with Gasteiger partial charge in [-0.2, -0.15) is 8.78 Å². The lowest BCUT2D eigenvalue weighted by atomic mass is 10.2. The van der Waals surface area contributed by atoms with Crippen molar-refractivity contribution in [2.45, 2.75) is 27.0 Å². The van der Waals surface area contributed by atoms with Crippen molar-refractivity contribution in [3.63, 3.8) is 0 Å². The molecule has 0 bridgehead atoms. The zero-order chi connectivity index (χ0) is 12.0. The third kappa shape index (κ3) is 4.57. The second-order valence-corrected chi connectivity index (χ2v) is 4.01. The van der Waals surface area contributed by atoms with Crippen LogP contribution in [0.3, 0.4) is 0 Å². The smallest absolute Gasteiger partial charge is 0.387 e. The van der Waals surface area contributed by atoms with Crippen molar-refractivity contribution in [2.24, 2.45) is 5.92 Å². The van der Waals surface area contributed by atoms with Crippen LogP contribution in [0.2, 0.25) is 0 Å². The second kappa shape index (κ2) is 6.43. The molecule has 0 radical (unpaired) electrons. The van der Waals surface area contributed by atoms with Crippen molar-refractivity contribution in [3.8, 4) is 5.75 Å². The van der Waals surface area contributed by atoms with Gasteiger partial charge in [-0.15, -0.1) is 0 Å². The molecule has 1 aromatic rings. The highest BCUT2D eigenvalue weighted by molar-refractivity contribution is 5.33. The van der Waals surface area contributed by atoms with Crippen LogP contribution in [0.5, 0.6) is 5.75 Å². The Kier molecular flexibility index (Phi) is 5.19. The van der Waals surface area contributed by atoms with Crippen LogP contribution >= 0.6 is 0 Å². The van der Waals surface area contributed by atoms with Gasteiger partial charge in [-0.3, -0.25) is 0 Å². The van der Waals surface area contributed by atoms with Gasteiger partial charge in [0, 0.05) is 12.1 Å². The molecule has 0 aliphatic carbocycles. The van der Waals surface area contributed by atoms with Crippen molar-refractivity contribution in [1.29, 1.82) is 0 Å². The maximum atomic E-state index is 12.1. The van der Waals surface area contributed by atoms with E-state index in [0.29, 0.717) is 12.5 Å². The molecule has 0 unspecified atom stereocenters. The van der Waals surface area contributed by atoms with Gasteiger partial charge in [0.2, 0.25) is 0 Å². The summed E-state index contributed by atoms with van der Waals surface area (Å²) in [4.78, 5) is 0. The van der Waals surface area contributed by atoms with Crippen molar-refractivity contribution >= 4 is 0 Å². The molecule has 1 N–H and O–H groups in total. The minimum absolute atomic E-state index is 0.244. The van der Waals surface area contributed by atoms with Crippen LogP contribution < -0.4 is 10.1 Å². The molecule has 0 fully saturated rings. The fraction of sp³-hybridized carbons (Fsp3) is 0.500. The molecule has 0 aliphatic rings. The maximum Gasteiger partial charge on any atom is 0.387 e. The van der Waals surface area contributed by atoms with Crippen molar-refractivity contribution in [2.75, 3.05) is 6.54 Å². The minimum Gasteiger partial charge on any atom is -0.434 e. The average Bonchev–Trinajstić information content (AvgIpc) is 2.19. The molecule has 0 heterocycles. The van der Waals surface area contributed by atoms with Crippen LogP contribution in [0.4, 0.5) is 8.78 Å². The predicted octanol–water partition coefficient (Wildman–Crippen LogP) is 3.03. The van der Waals surface area contributed by atoms with E-state index in [1.54, 1.807) is 18.2 Å². The van der Waals surface area contributed by atoms with Gasteiger partial charge in [-0.25, -0.2) is 0 Å². The Morgan fingerprint density at radius 3 is 2.56 bits per heavy atom. The Hall–Kier alpha value is -1.16. The van der Waals surface area contributed by atoms with Crippen LogP contribution in [-0.2, 0) is 6.54 Å². The molecule has 0 atom stereocenters. The largest absolute Gasteiger partial charge is 0.434 e. The van der Waals surface area contributed by atoms with E-state index in [1.165, 1.54) is 0 Å². The van der Waals surface area contributed by atoms with Crippen molar-refractivity contribution in [1.82, 2.24) is 5.32 Å². The standard InChI is InChI=1S/C12H17F2NO/c1-9(2)7-15-8-10-5-3-4-6-11(10)16-12(13)14/h3-6,9,12,15H,7-8H2,1-2H3. The van der Waals surface area contributed by atoms with E-state index in [2.05, 4.69) is 23.9 Å². The molecule has 0 aliphatic heterocycles. The quantitative estimate of drug-likeness (QED) is 0.809. The summed E-state index contributed by atoms with van der Waals surface area (Å²) in [6, 6.07) is 6.83. The normalized spacial score (nSPS) is 11.1. The summed E-state index contributed by atoms with van der Waals surface area (Å²) in [5.41, 5.74) is 0.753. The lowest BCUT2D eigenvalue weighted by Crippen LogP contribution is -2.19. The Labute approximate surface area is 94.6 Å². The molecule has 0 amide bonds. The van der Waals surface area contributed by atoms with Crippen LogP contribution in [-0.4, -0.2) is 13.2 Å². The van der Waals surface area contributed by atoms with Gasteiger partial charge in [0.1, 0.15) is 5.75 Å². The third-order valence-corrected chi connectivity index (χ3v) is 2.06. The molecule has 90 valence electrons. The highest BCUT2D eigenvalue weighted by atomic mass is 19.3. The fourth-order valence-corrected chi connectivity index (χ4v) is 1.36.